The quantitative estimate of drug-likeness (QED) is 0.573. The number of nitrogens with one attached hydrogen (secondary N) is 1. The van der Waals surface area contributed by atoms with E-state index in [2.05, 4.69) is 17.4 Å². The molecular weight excluding hydrogens is 300 g/mol. The van der Waals surface area contributed by atoms with E-state index < -0.39 is 17.7 Å². The van der Waals surface area contributed by atoms with Gasteiger partial charge in [-0.3, -0.25) is 4.79 Å². The number of oxime groups is 1. The molecule has 132 valence electrons. The summed E-state index contributed by atoms with van der Waals surface area (Å²) < 4.78 is 10.3. The summed E-state index contributed by atoms with van der Waals surface area (Å²) in [6, 6.07) is -0.603. The Kier molecular flexibility index (Phi) is 7.85. The lowest BCUT2D eigenvalue weighted by molar-refractivity contribution is -0.135. The summed E-state index contributed by atoms with van der Waals surface area (Å²) >= 11 is 0. The predicted molar refractivity (Wildman–Crippen MR) is 86.0 cm³/mol. The average Bonchev–Trinajstić information content (AvgIpc) is 2.83. The molecule has 0 radical (unpaired) electrons. The normalized spacial score (nSPS) is 17.2. The standard InChI is InChI=1S/C16H28N2O5/c1-5-6-7-8-9-10-13(19)22-14-12(11-21-18-14)17-15(20)23-16(2,3)4/h12H,5-11H2,1-4H3,(H,17,20)/t12-/m1/s1. The van der Waals surface area contributed by atoms with Gasteiger partial charge in [0.25, 0.3) is 5.90 Å². The highest BCUT2D eigenvalue weighted by Crippen LogP contribution is 2.11. The zero-order valence-electron chi connectivity index (χ0n) is 14.5. The molecule has 7 nitrogen and oxygen atoms in total. The van der Waals surface area contributed by atoms with E-state index in [4.69, 9.17) is 14.3 Å². The highest BCUT2D eigenvalue weighted by molar-refractivity contribution is 5.94. The third-order valence-corrected chi connectivity index (χ3v) is 3.09. The van der Waals surface area contributed by atoms with Gasteiger partial charge in [0.1, 0.15) is 18.2 Å². The van der Waals surface area contributed by atoms with Crippen LogP contribution in [0.2, 0.25) is 0 Å². The highest BCUT2D eigenvalue weighted by Gasteiger charge is 2.30. The van der Waals surface area contributed by atoms with Crippen LogP contribution in [-0.2, 0) is 19.1 Å². The van der Waals surface area contributed by atoms with E-state index in [0.717, 1.165) is 25.7 Å². The molecule has 1 N–H and O–H groups in total. The third-order valence-electron chi connectivity index (χ3n) is 3.09. The molecule has 0 fully saturated rings. The third kappa shape index (κ3) is 8.42. The molecule has 0 spiro atoms. The molecule has 1 amide bonds. The van der Waals surface area contributed by atoms with Crippen molar-refractivity contribution in [1.29, 1.82) is 0 Å². The van der Waals surface area contributed by atoms with Crippen molar-refractivity contribution in [3.05, 3.63) is 0 Å². The summed E-state index contributed by atoms with van der Waals surface area (Å²) in [6.07, 6.45) is 4.99. The summed E-state index contributed by atoms with van der Waals surface area (Å²) in [5, 5.41) is 6.25. The number of ether oxygens (including phenoxy) is 2. The second-order valence-electron chi connectivity index (χ2n) is 6.56. The predicted octanol–water partition coefficient (Wildman–Crippen LogP) is 3.13. The maximum Gasteiger partial charge on any atom is 0.408 e. The van der Waals surface area contributed by atoms with Gasteiger partial charge in [-0.15, -0.1) is 0 Å². The second-order valence-corrected chi connectivity index (χ2v) is 6.56. The summed E-state index contributed by atoms with van der Waals surface area (Å²) in [5.41, 5.74) is -0.601. The molecular formula is C16H28N2O5. The Balaban J connectivity index is 2.32. The average molecular weight is 328 g/mol. The minimum absolute atomic E-state index is 0.0782. The van der Waals surface area contributed by atoms with Crippen molar-refractivity contribution >= 4 is 18.0 Å². The maximum atomic E-state index is 11.8. The molecule has 1 aliphatic heterocycles. The largest absolute Gasteiger partial charge is 0.444 e. The van der Waals surface area contributed by atoms with Crippen LogP contribution in [0.5, 0.6) is 0 Å². The Morgan fingerprint density at radius 2 is 1.96 bits per heavy atom. The van der Waals surface area contributed by atoms with Gasteiger partial charge in [-0.25, -0.2) is 4.79 Å². The fourth-order valence-electron chi connectivity index (χ4n) is 1.99. The van der Waals surface area contributed by atoms with Crippen LogP contribution in [0.1, 0.15) is 66.2 Å². The molecule has 0 unspecified atom stereocenters. The number of rotatable bonds is 7. The topological polar surface area (TPSA) is 86.2 Å². The van der Waals surface area contributed by atoms with Crippen molar-refractivity contribution in [1.82, 2.24) is 5.32 Å². The first-order valence-electron chi connectivity index (χ1n) is 8.22. The molecule has 23 heavy (non-hydrogen) atoms. The number of unbranched alkanes of at least 4 members (excludes halogenated alkanes) is 4. The Morgan fingerprint density at radius 1 is 1.26 bits per heavy atom. The van der Waals surface area contributed by atoms with Gasteiger partial charge in [0.15, 0.2) is 0 Å². The summed E-state index contributed by atoms with van der Waals surface area (Å²) in [6.45, 7) is 7.57. The second kappa shape index (κ2) is 9.37. The van der Waals surface area contributed by atoms with Crippen LogP contribution < -0.4 is 5.32 Å². The van der Waals surface area contributed by atoms with Gasteiger partial charge in [-0.2, -0.15) is 0 Å². The zero-order chi connectivity index (χ0) is 17.3. The fraction of sp³-hybridized carbons (Fsp3) is 0.812. The molecule has 0 saturated carbocycles. The summed E-state index contributed by atoms with van der Waals surface area (Å²) in [5.74, 6) is -0.281. The first-order chi connectivity index (χ1) is 10.8. The Bertz CT molecular complexity index is 429. The molecule has 7 heteroatoms. The Hall–Kier alpha value is -1.79. The van der Waals surface area contributed by atoms with Crippen LogP contribution in [0.3, 0.4) is 0 Å². The van der Waals surface area contributed by atoms with E-state index in [1.165, 1.54) is 6.42 Å². The van der Waals surface area contributed by atoms with Crippen molar-refractivity contribution in [3.8, 4) is 0 Å². The number of carbonyl (C=O) groups is 2. The number of alkyl carbamates (subject to hydrolysis) is 1. The molecule has 0 aromatic heterocycles. The van der Waals surface area contributed by atoms with E-state index in [1.807, 2.05) is 0 Å². The van der Waals surface area contributed by atoms with Crippen molar-refractivity contribution in [3.63, 3.8) is 0 Å². The van der Waals surface area contributed by atoms with E-state index in [1.54, 1.807) is 20.8 Å². The van der Waals surface area contributed by atoms with Crippen LogP contribution in [0.25, 0.3) is 0 Å². The number of esters is 1. The van der Waals surface area contributed by atoms with Crippen LogP contribution >= 0.6 is 0 Å². The molecule has 1 atom stereocenters. The first-order valence-corrected chi connectivity index (χ1v) is 8.22. The van der Waals surface area contributed by atoms with Gasteiger partial charge < -0.3 is 19.6 Å². The van der Waals surface area contributed by atoms with Gasteiger partial charge >= 0.3 is 12.1 Å². The van der Waals surface area contributed by atoms with Gasteiger partial charge in [-0.1, -0.05) is 32.6 Å². The van der Waals surface area contributed by atoms with Gasteiger partial charge in [-0.05, 0) is 32.3 Å². The van der Waals surface area contributed by atoms with Crippen LogP contribution in [0.15, 0.2) is 5.16 Å². The molecule has 1 aliphatic rings. The van der Waals surface area contributed by atoms with Crippen LogP contribution in [0.4, 0.5) is 4.79 Å². The van der Waals surface area contributed by atoms with Gasteiger partial charge in [0, 0.05) is 6.42 Å². The monoisotopic (exact) mass is 328 g/mol. The minimum Gasteiger partial charge on any atom is -0.444 e. The number of hydrogen-bond acceptors (Lipinski definition) is 6. The van der Waals surface area contributed by atoms with Crippen LogP contribution in [-0.4, -0.2) is 36.2 Å². The van der Waals surface area contributed by atoms with E-state index in [9.17, 15) is 9.59 Å². The van der Waals surface area contributed by atoms with Crippen molar-refractivity contribution in [2.24, 2.45) is 5.16 Å². The smallest absolute Gasteiger partial charge is 0.408 e. The minimum atomic E-state index is -0.603. The lowest BCUT2D eigenvalue weighted by Gasteiger charge is -2.21. The molecule has 0 aromatic carbocycles. The Morgan fingerprint density at radius 3 is 2.61 bits per heavy atom. The van der Waals surface area contributed by atoms with Crippen molar-refractivity contribution in [2.45, 2.75) is 77.9 Å². The number of hydrogen-bond donors (Lipinski definition) is 1. The highest BCUT2D eigenvalue weighted by atomic mass is 16.7. The van der Waals surface area contributed by atoms with Gasteiger partial charge in [0.2, 0.25) is 0 Å². The molecule has 0 aliphatic carbocycles. The lowest BCUT2D eigenvalue weighted by Crippen LogP contribution is -2.44. The first kappa shape index (κ1) is 19.3. The van der Waals surface area contributed by atoms with E-state index in [0.29, 0.717) is 6.42 Å². The molecule has 1 heterocycles. The van der Waals surface area contributed by atoms with Gasteiger partial charge in [0.05, 0.1) is 0 Å². The van der Waals surface area contributed by atoms with E-state index >= 15 is 0 Å². The molecule has 0 bridgehead atoms. The molecule has 0 saturated heterocycles. The van der Waals surface area contributed by atoms with Crippen molar-refractivity contribution in [2.75, 3.05) is 6.61 Å². The number of carbonyl (C=O) groups excluding carboxylic acids is 2. The summed E-state index contributed by atoms with van der Waals surface area (Å²) in [4.78, 5) is 28.4. The zero-order valence-corrected chi connectivity index (χ0v) is 14.5. The summed E-state index contributed by atoms with van der Waals surface area (Å²) in [7, 11) is 0. The molecule has 1 rings (SSSR count). The van der Waals surface area contributed by atoms with Crippen LogP contribution in [0, 0.1) is 0 Å². The maximum absolute atomic E-state index is 11.8. The SMILES string of the molecule is CCCCCCCC(=O)OC1=NOC[C@H]1NC(=O)OC(C)(C)C. The molecule has 0 aromatic rings. The fourth-order valence-corrected chi connectivity index (χ4v) is 1.99. The van der Waals surface area contributed by atoms with Crippen molar-refractivity contribution < 1.29 is 23.9 Å². The number of nitrogens with zero attached hydrogens (tertiary/aromatic N) is 1. The number of amides is 1. The lowest BCUT2D eigenvalue weighted by atomic mass is 10.1. The van der Waals surface area contributed by atoms with E-state index in [-0.39, 0.29) is 18.5 Å². The Labute approximate surface area is 137 Å².